The van der Waals surface area contributed by atoms with E-state index in [-0.39, 0.29) is 0 Å². The largest absolute Gasteiger partial charge is 0.480 e. The Kier molecular flexibility index (Phi) is 6.03. The normalized spacial score (nSPS) is 12.7. The number of hydrogen-bond donors (Lipinski definition) is 3. The van der Waals surface area contributed by atoms with E-state index in [9.17, 15) is 4.79 Å². The van der Waals surface area contributed by atoms with E-state index in [1.807, 2.05) is 14.1 Å². The fraction of sp³-hybridized carbons (Fsp3) is 0.636. The number of aromatic nitrogens is 1. The van der Waals surface area contributed by atoms with Gasteiger partial charge in [-0.15, -0.1) is 11.3 Å². The molecule has 1 heterocycles. The molecule has 1 rings (SSSR count). The molecule has 0 bridgehead atoms. The molecular weight excluding hydrogens is 252 g/mol. The van der Waals surface area contributed by atoms with Crippen LogP contribution < -0.4 is 11.1 Å². The number of nitrogens with two attached hydrogens (primary N) is 1. The van der Waals surface area contributed by atoms with Gasteiger partial charge in [0.25, 0.3) is 0 Å². The second-order valence-corrected chi connectivity index (χ2v) is 5.19. The van der Waals surface area contributed by atoms with E-state index in [0.717, 1.165) is 31.1 Å². The minimum atomic E-state index is -1.06. The molecule has 0 aliphatic carbocycles. The van der Waals surface area contributed by atoms with E-state index < -0.39 is 12.0 Å². The van der Waals surface area contributed by atoms with Crippen molar-refractivity contribution in [1.29, 1.82) is 0 Å². The third kappa shape index (κ3) is 4.99. The summed E-state index contributed by atoms with van der Waals surface area (Å²) in [6.07, 6.45) is 2.17. The molecule has 18 heavy (non-hydrogen) atoms. The predicted molar refractivity (Wildman–Crippen MR) is 73.0 cm³/mol. The Morgan fingerprint density at radius 1 is 1.61 bits per heavy atom. The van der Waals surface area contributed by atoms with Gasteiger partial charge < -0.3 is 21.1 Å². The van der Waals surface area contributed by atoms with E-state index in [1.54, 1.807) is 5.38 Å². The highest BCUT2D eigenvalue weighted by Gasteiger charge is 2.17. The third-order valence-corrected chi connectivity index (χ3v) is 3.23. The lowest BCUT2D eigenvalue weighted by atomic mass is 10.2. The molecule has 0 spiro atoms. The minimum Gasteiger partial charge on any atom is -0.480 e. The van der Waals surface area contributed by atoms with Gasteiger partial charge in [-0.25, -0.2) is 4.98 Å². The maximum absolute atomic E-state index is 10.7. The van der Waals surface area contributed by atoms with Gasteiger partial charge >= 0.3 is 5.97 Å². The fourth-order valence-electron chi connectivity index (χ4n) is 1.39. The van der Waals surface area contributed by atoms with Crippen molar-refractivity contribution in [3.05, 3.63) is 11.1 Å². The Labute approximate surface area is 111 Å². The Bertz CT molecular complexity index is 381. The Morgan fingerprint density at radius 3 is 2.94 bits per heavy atom. The van der Waals surface area contributed by atoms with Gasteiger partial charge in [-0.1, -0.05) is 0 Å². The molecule has 1 atom stereocenters. The van der Waals surface area contributed by atoms with Gasteiger partial charge in [-0.2, -0.15) is 0 Å². The molecule has 102 valence electrons. The molecule has 0 saturated heterocycles. The summed E-state index contributed by atoms with van der Waals surface area (Å²) in [7, 11) is 4.10. The van der Waals surface area contributed by atoms with Crippen LogP contribution in [-0.4, -0.2) is 48.1 Å². The first kappa shape index (κ1) is 14.9. The lowest BCUT2D eigenvalue weighted by molar-refractivity contribution is -0.138. The number of aliphatic carboxylic acids is 1. The van der Waals surface area contributed by atoms with Gasteiger partial charge in [0.1, 0.15) is 6.04 Å². The van der Waals surface area contributed by atoms with Crippen LogP contribution in [0.15, 0.2) is 5.38 Å². The average Bonchev–Trinajstić information content (AvgIpc) is 2.75. The summed E-state index contributed by atoms with van der Waals surface area (Å²) in [5.74, 6) is -1.06. The maximum Gasteiger partial charge on any atom is 0.326 e. The highest BCUT2D eigenvalue weighted by atomic mass is 32.1. The first-order chi connectivity index (χ1) is 8.50. The summed E-state index contributed by atoms with van der Waals surface area (Å²) < 4.78 is 0. The van der Waals surface area contributed by atoms with Crippen molar-refractivity contribution < 1.29 is 9.90 Å². The quantitative estimate of drug-likeness (QED) is 0.611. The van der Waals surface area contributed by atoms with E-state index in [4.69, 9.17) is 10.8 Å². The molecular formula is C11H20N4O2S. The van der Waals surface area contributed by atoms with Crippen LogP contribution in [0.4, 0.5) is 5.13 Å². The van der Waals surface area contributed by atoms with Gasteiger partial charge in [0.15, 0.2) is 5.13 Å². The molecule has 0 aliphatic rings. The summed E-state index contributed by atoms with van der Waals surface area (Å²) >= 11 is 1.38. The Balaban J connectivity index is 2.29. The molecule has 4 N–H and O–H groups in total. The van der Waals surface area contributed by atoms with Crippen molar-refractivity contribution >= 4 is 22.4 Å². The zero-order chi connectivity index (χ0) is 13.5. The lowest BCUT2D eigenvalue weighted by Crippen LogP contribution is -2.21. The number of anilines is 1. The predicted octanol–water partition coefficient (Wildman–Crippen LogP) is 0.981. The molecule has 1 aromatic heterocycles. The number of thiazole rings is 1. The molecule has 1 aromatic rings. The standard InChI is InChI=1S/C11H20N4O2S/c1-15(2)6-4-3-5-13-11-14-8(7-18-11)9(12)10(16)17/h7,9H,3-6,12H2,1-2H3,(H,13,14)(H,16,17). The van der Waals surface area contributed by atoms with Crippen molar-refractivity contribution in [2.45, 2.75) is 18.9 Å². The molecule has 0 radical (unpaired) electrons. The van der Waals surface area contributed by atoms with Crippen LogP contribution in [0.2, 0.25) is 0 Å². The summed E-state index contributed by atoms with van der Waals surface area (Å²) in [6.45, 7) is 1.90. The summed E-state index contributed by atoms with van der Waals surface area (Å²) in [5.41, 5.74) is 5.88. The number of nitrogens with one attached hydrogen (secondary N) is 1. The lowest BCUT2D eigenvalue weighted by Gasteiger charge is -2.08. The zero-order valence-electron chi connectivity index (χ0n) is 10.7. The van der Waals surface area contributed by atoms with Gasteiger partial charge in [-0.05, 0) is 33.5 Å². The van der Waals surface area contributed by atoms with Gasteiger partial charge in [0.2, 0.25) is 0 Å². The second kappa shape index (κ2) is 7.30. The number of carboxylic acids is 1. The molecule has 0 saturated carbocycles. The van der Waals surface area contributed by atoms with E-state index in [2.05, 4.69) is 15.2 Å². The monoisotopic (exact) mass is 272 g/mol. The average molecular weight is 272 g/mol. The molecule has 0 aromatic carbocycles. The first-order valence-electron chi connectivity index (χ1n) is 5.83. The first-order valence-corrected chi connectivity index (χ1v) is 6.71. The number of carboxylic acid groups (broad SMARTS) is 1. The smallest absolute Gasteiger partial charge is 0.326 e. The van der Waals surface area contributed by atoms with Crippen LogP contribution in [0, 0.1) is 0 Å². The molecule has 0 aliphatic heterocycles. The van der Waals surface area contributed by atoms with Gasteiger partial charge in [0, 0.05) is 11.9 Å². The molecule has 7 heteroatoms. The highest BCUT2D eigenvalue weighted by Crippen LogP contribution is 2.19. The van der Waals surface area contributed by atoms with Crippen LogP contribution >= 0.6 is 11.3 Å². The molecule has 1 unspecified atom stereocenters. The molecule has 0 fully saturated rings. The van der Waals surface area contributed by atoms with Crippen molar-refractivity contribution in [3.8, 4) is 0 Å². The Hall–Kier alpha value is -1.18. The highest BCUT2D eigenvalue weighted by molar-refractivity contribution is 7.13. The SMILES string of the molecule is CN(C)CCCCNc1nc(C(N)C(=O)O)cs1. The zero-order valence-corrected chi connectivity index (χ0v) is 11.5. The third-order valence-electron chi connectivity index (χ3n) is 2.41. The topological polar surface area (TPSA) is 91.5 Å². The van der Waals surface area contributed by atoms with Crippen LogP contribution in [0.1, 0.15) is 24.6 Å². The van der Waals surface area contributed by atoms with Crippen LogP contribution in [0.3, 0.4) is 0 Å². The molecule has 6 nitrogen and oxygen atoms in total. The van der Waals surface area contributed by atoms with Crippen molar-refractivity contribution in [1.82, 2.24) is 9.88 Å². The van der Waals surface area contributed by atoms with Crippen LogP contribution in [0.25, 0.3) is 0 Å². The summed E-state index contributed by atoms with van der Waals surface area (Å²) in [4.78, 5) is 17.0. The van der Waals surface area contributed by atoms with Crippen LogP contribution in [0.5, 0.6) is 0 Å². The van der Waals surface area contributed by atoms with Gasteiger partial charge in [0.05, 0.1) is 5.69 Å². The number of hydrogen-bond acceptors (Lipinski definition) is 6. The summed E-state index contributed by atoms with van der Waals surface area (Å²) in [5, 5.41) is 14.3. The number of carbonyl (C=O) groups is 1. The van der Waals surface area contributed by atoms with Crippen LogP contribution in [-0.2, 0) is 4.79 Å². The maximum atomic E-state index is 10.7. The van der Waals surface area contributed by atoms with Crippen molar-refractivity contribution in [2.24, 2.45) is 5.73 Å². The second-order valence-electron chi connectivity index (χ2n) is 4.33. The number of rotatable bonds is 8. The van der Waals surface area contributed by atoms with Gasteiger partial charge in [-0.3, -0.25) is 4.79 Å². The van der Waals surface area contributed by atoms with Crippen molar-refractivity contribution in [3.63, 3.8) is 0 Å². The molecule has 0 amide bonds. The van der Waals surface area contributed by atoms with E-state index >= 15 is 0 Å². The minimum absolute atomic E-state index is 0.406. The van der Waals surface area contributed by atoms with E-state index in [1.165, 1.54) is 11.3 Å². The van der Waals surface area contributed by atoms with E-state index in [0.29, 0.717) is 5.69 Å². The van der Waals surface area contributed by atoms with Crippen molar-refractivity contribution in [2.75, 3.05) is 32.5 Å². The number of unbranched alkanes of at least 4 members (excludes halogenated alkanes) is 1. The number of nitrogens with zero attached hydrogens (tertiary/aromatic N) is 2. The fourth-order valence-corrected chi connectivity index (χ4v) is 2.16. The summed E-state index contributed by atoms with van der Waals surface area (Å²) in [6, 6.07) is -1.04. The Morgan fingerprint density at radius 2 is 2.33 bits per heavy atom.